The average molecular weight is 470 g/mol. The highest BCUT2D eigenvalue weighted by molar-refractivity contribution is 7.99. The molecule has 1 aromatic heterocycles. The Kier molecular flexibility index (Phi) is 9.53. The summed E-state index contributed by atoms with van der Waals surface area (Å²) in [5.41, 5.74) is 3.15. The molecule has 0 radical (unpaired) electrons. The summed E-state index contributed by atoms with van der Waals surface area (Å²) in [6.07, 6.45) is 1.25. The molecule has 0 aliphatic rings. The first-order chi connectivity index (χ1) is 15.6. The molecule has 0 amide bonds. The van der Waals surface area contributed by atoms with Gasteiger partial charge in [-0.1, -0.05) is 64.1 Å². The molecule has 1 unspecified atom stereocenters. The topological polar surface area (TPSA) is 84.2 Å². The van der Waals surface area contributed by atoms with Gasteiger partial charge in [-0.05, 0) is 43.5 Å². The highest BCUT2D eigenvalue weighted by Gasteiger charge is 2.18. The molecule has 6 nitrogen and oxygen atoms in total. The summed E-state index contributed by atoms with van der Waals surface area (Å²) in [5, 5.41) is 14.0. The number of rotatable bonds is 7. The summed E-state index contributed by atoms with van der Waals surface area (Å²) in [5.74, 6) is 0.360. The molecular formula is C26H35N3O3S. The fraction of sp³-hybridized carbons (Fsp3) is 0.423. The van der Waals surface area contributed by atoms with E-state index in [0.717, 1.165) is 16.9 Å². The van der Waals surface area contributed by atoms with E-state index in [4.69, 9.17) is 4.98 Å². The van der Waals surface area contributed by atoms with E-state index in [-0.39, 0.29) is 17.2 Å². The van der Waals surface area contributed by atoms with Crippen LogP contribution in [0.25, 0.3) is 10.9 Å². The predicted octanol–water partition coefficient (Wildman–Crippen LogP) is 6.28. The zero-order valence-corrected chi connectivity index (χ0v) is 21.4. The Bertz CT molecular complexity index is 1170. The van der Waals surface area contributed by atoms with Crippen molar-refractivity contribution in [3.8, 4) is 0 Å². The second-order valence-electron chi connectivity index (χ2n) is 8.64. The van der Waals surface area contributed by atoms with E-state index in [2.05, 4.69) is 33.0 Å². The molecule has 0 aliphatic carbocycles. The van der Waals surface area contributed by atoms with Gasteiger partial charge in [-0.3, -0.25) is 9.36 Å². The third-order valence-electron chi connectivity index (χ3n) is 4.85. The maximum Gasteiger partial charge on any atom is 0.337 e. The van der Waals surface area contributed by atoms with Crippen molar-refractivity contribution in [3.63, 3.8) is 0 Å². The Morgan fingerprint density at radius 3 is 2.42 bits per heavy atom. The standard InChI is InChI=1S/C23H27N3O3S.C3H8/c1-13(2)12-30-23-25-20-17(10-14(3)11-18(20)21(27)26(23)5)15(4)24-19-9-7-6-8-16(19)22(28)29;1-3-2/h6-11,13,15,24H,12H2,1-5H3,(H,28,29);3H2,1-2H3. The van der Waals surface area contributed by atoms with Crippen LogP contribution in [-0.2, 0) is 7.05 Å². The number of nitrogens with zero attached hydrogens (tertiary/aromatic N) is 2. The van der Waals surface area contributed by atoms with Gasteiger partial charge in [0.15, 0.2) is 5.16 Å². The Morgan fingerprint density at radius 1 is 1.18 bits per heavy atom. The van der Waals surface area contributed by atoms with Crippen LogP contribution in [0.4, 0.5) is 5.69 Å². The van der Waals surface area contributed by atoms with E-state index in [0.29, 0.717) is 27.7 Å². The van der Waals surface area contributed by atoms with Crippen LogP contribution in [0.3, 0.4) is 0 Å². The van der Waals surface area contributed by atoms with Crippen LogP contribution in [0.2, 0.25) is 0 Å². The van der Waals surface area contributed by atoms with Crippen LogP contribution >= 0.6 is 11.8 Å². The lowest BCUT2D eigenvalue weighted by molar-refractivity contribution is 0.0698. The normalized spacial score (nSPS) is 11.8. The van der Waals surface area contributed by atoms with Crippen LogP contribution in [0.15, 0.2) is 46.3 Å². The third kappa shape index (κ3) is 6.60. The molecule has 2 N–H and O–H groups in total. The first-order valence-corrected chi connectivity index (χ1v) is 12.3. The van der Waals surface area contributed by atoms with Crippen LogP contribution in [0, 0.1) is 12.8 Å². The van der Waals surface area contributed by atoms with E-state index in [1.807, 2.05) is 26.0 Å². The SMILES string of the molecule is CCC.Cc1cc(C(C)Nc2ccccc2C(=O)O)c2nc(SCC(C)C)n(C)c(=O)c2c1. The summed E-state index contributed by atoms with van der Waals surface area (Å²) in [6.45, 7) is 12.4. The van der Waals surface area contributed by atoms with Gasteiger partial charge in [0.05, 0.1) is 22.5 Å². The second kappa shape index (κ2) is 11.9. The largest absolute Gasteiger partial charge is 0.478 e. The van der Waals surface area contributed by atoms with Gasteiger partial charge in [-0.2, -0.15) is 0 Å². The lowest BCUT2D eigenvalue weighted by Crippen LogP contribution is -2.22. The summed E-state index contributed by atoms with van der Waals surface area (Å²) < 4.78 is 1.61. The van der Waals surface area contributed by atoms with Crippen molar-refractivity contribution in [1.29, 1.82) is 0 Å². The maximum absolute atomic E-state index is 13.0. The number of carboxylic acid groups (broad SMARTS) is 1. The minimum absolute atomic E-state index is 0.0747. The number of thioether (sulfide) groups is 1. The van der Waals surface area contributed by atoms with Crippen LogP contribution in [0.5, 0.6) is 0 Å². The van der Waals surface area contributed by atoms with Gasteiger partial charge in [-0.15, -0.1) is 0 Å². The number of hydrogen-bond acceptors (Lipinski definition) is 5. The molecule has 0 bridgehead atoms. The molecule has 7 heteroatoms. The van der Waals surface area contributed by atoms with Gasteiger partial charge < -0.3 is 10.4 Å². The van der Waals surface area contributed by atoms with Gasteiger partial charge in [0.2, 0.25) is 0 Å². The summed E-state index contributed by atoms with van der Waals surface area (Å²) in [6, 6.07) is 10.4. The van der Waals surface area contributed by atoms with Gasteiger partial charge in [0.1, 0.15) is 0 Å². The number of benzene rings is 2. The molecule has 0 saturated heterocycles. The van der Waals surface area contributed by atoms with Crippen LogP contribution in [0.1, 0.15) is 68.6 Å². The van der Waals surface area contributed by atoms with Crippen LogP contribution in [-0.4, -0.2) is 26.4 Å². The van der Waals surface area contributed by atoms with E-state index < -0.39 is 5.97 Å². The number of fused-ring (bicyclic) bond motifs is 1. The van der Waals surface area contributed by atoms with Gasteiger partial charge in [0, 0.05) is 24.1 Å². The molecule has 1 heterocycles. The van der Waals surface area contributed by atoms with E-state index >= 15 is 0 Å². The van der Waals surface area contributed by atoms with E-state index in [9.17, 15) is 14.7 Å². The second-order valence-corrected chi connectivity index (χ2v) is 9.62. The Balaban J connectivity index is 0.00000122. The van der Waals surface area contributed by atoms with E-state index in [1.54, 1.807) is 47.6 Å². The van der Waals surface area contributed by atoms with Gasteiger partial charge >= 0.3 is 5.97 Å². The number of carboxylic acids is 1. The number of aryl methyl sites for hydroxylation is 1. The zero-order valence-electron chi connectivity index (χ0n) is 20.6. The van der Waals surface area contributed by atoms with Crippen molar-refractivity contribution in [3.05, 3.63) is 63.4 Å². The Morgan fingerprint density at radius 2 is 1.82 bits per heavy atom. The zero-order chi connectivity index (χ0) is 24.7. The molecule has 0 fully saturated rings. The fourth-order valence-electron chi connectivity index (χ4n) is 3.34. The quantitative estimate of drug-likeness (QED) is 0.313. The van der Waals surface area contributed by atoms with Crippen LogP contribution < -0.4 is 10.9 Å². The lowest BCUT2D eigenvalue weighted by Gasteiger charge is -2.20. The molecule has 0 aliphatic heterocycles. The number of anilines is 1. The molecule has 0 saturated carbocycles. The third-order valence-corrected chi connectivity index (χ3v) is 6.31. The smallest absolute Gasteiger partial charge is 0.337 e. The van der Waals surface area contributed by atoms with Crippen molar-refractivity contribution in [2.45, 2.75) is 59.2 Å². The predicted molar refractivity (Wildman–Crippen MR) is 139 cm³/mol. The first-order valence-electron chi connectivity index (χ1n) is 11.3. The lowest BCUT2D eigenvalue weighted by atomic mass is 10.0. The average Bonchev–Trinajstić information content (AvgIpc) is 2.76. The van der Waals surface area contributed by atoms with Crippen molar-refractivity contribution < 1.29 is 9.90 Å². The molecular weight excluding hydrogens is 434 g/mol. The van der Waals surface area contributed by atoms with Crippen molar-refractivity contribution in [2.75, 3.05) is 11.1 Å². The van der Waals surface area contributed by atoms with Crippen molar-refractivity contribution in [2.24, 2.45) is 13.0 Å². The Hall–Kier alpha value is -2.80. The molecule has 178 valence electrons. The number of aromatic carboxylic acids is 1. The van der Waals surface area contributed by atoms with E-state index in [1.165, 1.54) is 6.42 Å². The number of aromatic nitrogens is 2. The monoisotopic (exact) mass is 469 g/mol. The number of hydrogen-bond donors (Lipinski definition) is 2. The minimum Gasteiger partial charge on any atom is -0.478 e. The molecule has 2 aromatic carbocycles. The van der Waals surface area contributed by atoms with Crippen molar-refractivity contribution >= 4 is 34.3 Å². The first kappa shape index (κ1) is 26.5. The number of para-hydroxylation sites is 1. The molecule has 3 aromatic rings. The summed E-state index contributed by atoms with van der Waals surface area (Å²) in [4.78, 5) is 29.4. The molecule has 3 rings (SSSR count). The highest BCUT2D eigenvalue weighted by atomic mass is 32.2. The highest BCUT2D eigenvalue weighted by Crippen LogP contribution is 2.29. The van der Waals surface area contributed by atoms with Gasteiger partial charge in [-0.25, -0.2) is 9.78 Å². The number of nitrogens with one attached hydrogen (secondary N) is 1. The maximum atomic E-state index is 13.0. The Labute approximate surface area is 200 Å². The number of carbonyl (C=O) groups is 1. The minimum atomic E-state index is -0.987. The summed E-state index contributed by atoms with van der Waals surface area (Å²) in [7, 11) is 1.75. The van der Waals surface area contributed by atoms with Gasteiger partial charge in [0.25, 0.3) is 5.56 Å². The summed E-state index contributed by atoms with van der Waals surface area (Å²) >= 11 is 1.57. The molecule has 33 heavy (non-hydrogen) atoms. The van der Waals surface area contributed by atoms with Crippen molar-refractivity contribution in [1.82, 2.24) is 9.55 Å². The molecule has 1 atom stereocenters. The molecule has 0 spiro atoms. The fourth-order valence-corrected chi connectivity index (χ4v) is 4.25.